The van der Waals surface area contributed by atoms with E-state index in [0.29, 0.717) is 19.3 Å². The van der Waals surface area contributed by atoms with Crippen LogP contribution >= 0.6 is 0 Å². The monoisotopic (exact) mass is 284 g/mol. The van der Waals surface area contributed by atoms with Crippen molar-refractivity contribution in [2.75, 3.05) is 0 Å². The summed E-state index contributed by atoms with van der Waals surface area (Å²) in [5, 5.41) is -0.360. The van der Waals surface area contributed by atoms with Gasteiger partial charge in [0.15, 0.2) is 9.84 Å². The van der Waals surface area contributed by atoms with E-state index < -0.39 is 27.3 Å². The van der Waals surface area contributed by atoms with E-state index >= 15 is 0 Å². The van der Waals surface area contributed by atoms with Crippen molar-refractivity contribution in [3.05, 3.63) is 28.7 Å². The number of aromatic nitrogens is 1. The zero-order chi connectivity index (χ0) is 14.2. The third-order valence-corrected chi connectivity index (χ3v) is 5.52. The Labute approximate surface area is 111 Å². The van der Waals surface area contributed by atoms with Gasteiger partial charge in [0, 0.05) is 12.3 Å². The number of sulfone groups is 1. The van der Waals surface area contributed by atoms with Crippen molar-refractivity contribution in [2.24, 2.45) is 5.73 Å². The van der Waals surface area contributed by atoms with Gasteiger partial charge in [0.1, 0.15) is 6.04 Å². The molecule has 2 rings (SSSR count). The molecule has 1 amide bonds. The smallest absolute Gasteiger partial charge is 0.252 e. The topological polar surface area (TPSA) is 99.2 Å². The van der Waals surface area contributed by atoms with Crippen molar-refractivity contribution >= 4 is 15.7 Å². The number of primary amides is 1. The predicted molar refractivity (Wildman–Crippen MR) is 69.4 cm³/mol. The maximum Gasteiger partial charge on any atom is 0.252 e. The summed E-state index contributed by atoms with van der Waals surface area (Å²) in [4.78, 5) is 23.2. The van der Waals surface area contributed by atoms with Gasteiger partial charge in [-0.25, -0.2) is 8.42 Å². The molecule has 1 aliphatic rings. The number of pyridine rings is 1. The van der Waals surface area contributed by atoms with Crippen LogP contribution < -0.4 is 11.3 Å². The molecular weight excluding hydrogens is 268 g/mol. The first kappa shape index (κ1) is 13.8. The van der Waals surface area contributed by atoms with Crippen molar-refractivity contribution in [3.63, 3.8) is 0 Å². The maximum atomic E-state index is 12.0. The lowest BCUT2D eigenvalue weighted by Gasteiger charge is -2.14. The molecule has 1 aromatic heterocycles. The van der Waals surface area contributed by atoms with Gasteiger partial charge in [-0.3, -0.25) is 9.59 Å². The highest BCUT2D eigenvalue weighted by Gasteiger charge is 2.37. The molecule has 6 nitrogen and oxygen atoms in total. The van der Waals surface area contributed by atoms with Gasteiger partial charge < -0.3 is 10.3 Å². The number of hydrogen-bond donors (Lipinski definition) is 1. The van der Waals surface area contributed by atoms with Crippen LogP contribution in [-0.2, 0) is 14.6 Å². The summed E-state index contributed by atoms with van der Waals surface area (Å²) in [6, 6.07) is 1.69. The standard InChI is InChI=1S/C12H16N2O4S/c1-2-10(12(13)16)14-6-5-9(7-11(14)15)19(17,18)8-3-4-8/h5-8,10H,2-4H2,1H3,(H2,13,16)/t10-/m1/s1. The van der Waals surface area contributed by atoms with Crippen molar-refractivity contribution in [3.8, 4) is 0 Å². The van der Waals surface area contributed by atoms with Gasteiger partial charge >= 0.3 is 0 Å². The first-order valence-corrected chi connectivity index (χ1v) is 7.68. The van der Waals surface area contributed by atoms with Crippen molar-refractivity contribution in [2.45, 2.75) is 42.4 Å². The van der Waals surface area contributed by atoms with Crippen LogP contribution in [0, 0.1) is 0 Å². The lowest BCUT2D eigenvalue weighted by atomic mass is 10.2. The molecular formula is C12H16N2O4S. The maximum absolute atomic E-state index is 12.0. The van der Waals surface area contributed by atoms with E-state index in [1.807, 2.05) is 0 Å². The van der Waals surface area contributed by atoms with Gasteiger partial charge in [-0.2, -0.15) is 0 Å². The zero-order valence-corrected chi connectivity index (χ0v) is 11.4. The van der Waals surface area contributed by atoms with Crippen LogP contribution in [-0.4, -0.2) is 24.1 Å². The molecule has 0 aliphatic heterocycles. The van der Waals surface area contributed by atoms with Gasteiger partial charge in [0.2, 0.25) is 5.91 Å². The van der Waals surface area contributed by atoms with Crippen molar-refractivity contribution in [1.82, 2.24) is 4.57 Å². The van der Waals surface area contributed by atoms with Crippen LogP contribution in [0.2, 0.25) is 0 Å². The van der Waals surface area contributed by atoms with Gasteiger partial charge in [-0.1, -0.05) is 6.92 Å². The quantitative estimate of drug-likeness (QED) is 0.836. The fourth-order valence-electron chi connectivity index (χ4n) is 2.01. The molecule has 1 aromatic rings. The van der Waals surface area contributed by atoms with E-state index in [2.05, 4.69) is 0 Å². The van der Waals surface area contributed by atoms with Gasteiger partial charge in [-0.05, 0) is 25.3 Å². The van der Waals surface area contributed by atoms with Crippen LogP contribution in [0.15, 0.2) is 28.0 Å². The van der Waals surface area contributed by atoms with Crippen LogP contribution in [0.25, 0.3) is 0 Å². The molecule has 0 aromatic carbocycles. The highest BCUT2D eigenvalue weighted by atomic mass is 32.2. The van der Waals surface area contributed by atoms with E-state index in [4.69, 9.17) is 5.73 Å². The van der Waals surface area contributed by atoms with E-state index in [9.17, 15) is 18.0 Å². The molecule has 1 saturated carbocycles. The highest BCUT2D eigenvalue weighted by Crippen LogP contribution is 2.32. The van der Waals surface area contributed by atoms with Crippen LogP contribution in [0.5, 0.6) is 0 Å². The minimum Gasteiger partial charge on any atom is -0.368 e. The molecule has 0 saturated heterocycles. The molecule has 1 fully saturated rings. The molecule has 104 valence electrons. The number of hydrogen-bond acceptors (Lipinski definition) is 4. The molecule has 1 heterocycles. The molecule has 1 aliphatic carbocycles. The summed E-state index contributed by atoms with van der Waals surface area (Å²) in [6.07, 6.45) is 3.00. The summed E-state index contributed by atoms with van der Waals surface area (Å²) in [5.41, 5.74) is 4.69. The third-order valence-electron chi connectivity index (χ3n) is 3.26. The molecule has 0 spiro atoms. The van der Waals surface area contributed by atoms with E-state index in [0.717, 1.165) is 6.07 Å². The van der Waals surface area contributed by atoms with E-state index in [1.54, 1.807) is 6.92 Å². The minimum atomic E-state index is -3.39. The summed E-state index contributed by atoms with van der Waals surface area (Å²) >= 11 is 0. The van der Waals surface area contributed by atoms with Gasteiger partial charge in [-0.15, -0.1) is 0 Å². The Morgan fingerprint density at radius 1 is 1.53 bits per heavy atom. The Morgan fingerprint density at radius 2 is 2.16 bits per heavy atom. The molecule has 0 radical (unpaired) electrons. The van der Waals surface area contributed by atoms with Gasteiger partial charge in [0.25, 0.3) is 5.56 Å². The lowest BCUT2D eigenvalue weighted by molar-refractivity contribution is -0.121. The summed E-state index contributed by atoms with van der Waals surface area (Å²) < 4.78 is 25.2. The summed E-state index contributed by atoms with van der Waals surface area (Å²) in [6.45, 7) is 1.73. The predicted octanol–water partition coefficient (Wildman–Crippen LogP) is 0.221. The fourth-order valence-corrected chi connectivity index (χ4v) is 3.67. The zero-order valence-electron chi connectivity index (χ0n) is 10.6. The number of carbonyl (C=O) groups excluding carboxylic acids is 1. The molecule has 2 N–H and O–H groups in total. The Hall–Kier alpha value is -1.63. The van der Waals surface area contributed by atoms with Crippen molar-refractivity contribution in [1.29, 1.82) is 0 Å². The van der Waals surface area contributed by atoms with Crippen molar-refractivity contribution < 1.29 is 13.2 Å². The first-order chi connectivity index (χ1) is 8.87. The number of nitrogens with zero attached hydrogens (tertiary/aromatic N) is 1. The average molecular weight is 284 g/mol. The second-order valence-corrected chi connectivity index (χ2v) is 6.91. The number of carbonyl (C=O) groups is 1. The highest BCUT2D eigenvalue weighted by molar-refractivity contribution is 7.92. The largest absolute Gasteiger partial charge is 0.368 e. The summed E-state index contributed by atoms with van der Waals surface area (Å²) in [5.74, 6) is -0.609. The van der Waals surface area contributed by atoms with E-state index in [-0.39, 0.29) is 10.1 Å². The Kier molecular flexibility index (Phi) is 3.49. The van der Waals surface area contributed by atoms with Crippen LogP contribution in [0.1, 0.15) is 32.2 Å². The normalized spacial score (nSPS) is 17.1. The third kappa shape index (κ3) is 2.56. The molecule has 0 bridgehead atoms. The fraction of sp³-hybridized carbons (Fsp3) is 0.500. The Balaban J connectivity index is 2.43. The Bertz CT molecular complexity index is 659. The SMILES string of the molecule is CC[C@H](C(N)=O)n1ccc(S(=O)(=O)C2CC2)cc1=O. The summed E-state index contributed by atoms with van der Waals surface area (Å²) in [7, 11) is -3.39. The number of rotatable bonds is 5. The molecule has 7 heteroatoms. The Morgan fingerprint density at radius 3 is 2.58 bits per heavy atom. The van der Waals surface area contributed by atoms with Crippen LogP contribution in [0.4, 0.5) is 0 Å². The first-order valence-electron chi connectivity index (χ1n) is 6.13. The van der Waals surface area contributed by atoms with Gasteiger partial charge in [0.05, 0.1) is 10.1 Å². The minimum absolute atomic E-state index is 0.0237. The van der Waals surface area contributed by atoms with E-state index in [1.165, 1.54) is 16.8 Å². The molecule has 1 atom stereocenters. The molecule has 19 heavy (non-hydrogen) atoms. The molecule has 0 unspecified atom stereocenters. The second-order valence-electron chi connectivity index (χ2n) is 4.68. The average Bonchev–Trinajstić information content (AvgIpc) is 3.15. The lowest BCUT2D eigenvalue weighted by Crippen LogP contribution is -2.33. The van der Waals surface area contributed by atoms with Crippen LogP contribution in [0.3, 0.4) is 0 Å². The second kappa shape index (κ2) is 4.80. The number of amides is 1. The number of nitrogens with two attached hydrogens (primary N) is 1.